The van der Waals surface area contributed by atoms with Crippen LogP contribution in [0.4, 0.5) is 0 Å². The number of aromatic nitrogens is 1. The maximum absolute atomic E-state index is 12.2. The summed E-state index contributed by atoms with van der Waals surface area (Å²) in [7, 11) is 0. The lowest BCUT2D eigenvalue weighted by Crippen LogP contribution is -2.53. The van der Waals surface area contributed by atoms with Gasteiger partial charge in [0.05, 0.1) is 13.2 Å². The van der Waals surface area contributed by atoms with Crippen molar-refractivity contribution in [2.24, 2.45) is 0 Å². The number of rotatable bonds is 5. The van der Waals surface area contributed by atoms with E-state index in [0.29, 0.717) is 26.3 Å². The first-order chi connectivity index (χ1) is 9.70. The Bertz CT molecular complexity index is 456. The fraction of sp³-hybridized carbons (Fsp3) is 0.571. The second kappa shape index (κ2) is 7.71. The molecule has 0 bridgehead atoms. The number of morpholine rings is 1. The molecule has 0 spiro atoms. The van der Waals surface area contributed by atoms with E-state index in [-0.39, 0.29) is 11.9 Å². The number of nitrogens with one attached hydrogen (secondary N) is 1. The molecule has 0 saturated carbocycles. The smallest absolute Gasteiger partial charge is 0.239 e. The minimum atomic E-state index is -0.214. The standard InChI is InChI=1S/C14H20BrN3O2/c1-2-3-17-14(19)13-10-20-5-4-18(13)9-11-6-12(15)8-16-7-11/h6-8,13H,2-5,9-10H2,1H3,(H,17,19). The van der Waals surface area contributed by atoms with E-state index in [1.807, 2.05) is 19.2 Å². The van der Waals surface area contributed by atoms with Gasteiger partial charge in [-0.25, -0.2) is 0 Å². The molecule has 6 heteroatoms. The molecule has 1 N–H and O–H groups in total. The van der Waals surface area contributed by atoms with Crippen LogP contribution in [0.1, 0.15) is 18.9 Å². The van der Waals surface area contributed by atoms with Crippen LogP contribution >= 0.6 is 15.9 Å². The SMILES string of the molecule is CCCNC(=O)C1COCCN1Cc1cncc(Br)c1. The second-order valence-corrected chi connectivity index (χ2v) is 5.78. The Hall–Kier alpha value is -0.980. The summed E-state index contributed by atoms with van der Waals surface area (Å²) >= 11 is 3.42. The van der Waals surface area contributed by atoms with Crippen LogP contribution in [-0.4, -0.2) is 48.1 Å². The molecule has 0 radical (unpaired) electrons. The maximum atomic E-state index is 12.2. The molecule has 2 heterocycles. The fourth-order valence-electron chi connectivity index (χ4n) is 2.21. The molecule has 0 aliphatic carbocycles. The van der Waals surface area contributed by atoms with Crippen molar-refractivity contribution in [2.45, 2.75) is 25.9 Å². The average Bonchev–Trinajstić information content (AvgIpc) is 2.45. The molecule has 1 aliphatic rings. The summed E-state index contributed by atoms with van der Waals surface area (Å²) in [6.45, 7) is 5.34. The van der Waals surface area contributed by atoms with Gasteiger partial charge in [-0.3, -0.25) is 14.7 Å². The monoisotopic (exact) mass is 341 g/mol. The summed E-state index contributed by atoms with van der Waals surface area (Å²) in [6, 6.07) is 1.82. The van der Waals surface area contributed by atoms with Crippen molar-refractivity contribution in [3.8, 4) is 0 Å². The molecule has 1 aromatic heterocycles. The molecule has 1 atom stereocenters. The van der Waals surface area contributed by atoms with Crippen LogP contribution in [0.25, 0.3) is 0 Å². The van der Waals surface area contributed by atoms with Gasteiger partial charge in [0.15, 0.2) is 0 Å². The van der Waals surface area contributed by atoms with Crippen molar-refractivity contribution in [3.63, 3.8) is 0 Å². The van der Waals surface area contributed by atoms with Gasteiger partial charge >= 0.3 is 0 Å². The van der Waals surface area contributed by atoms with Gasteiger partial charge in [0.25, 0.3) is 0 Å². The normalized spacial score (nSPS) is 19.8. The molecule has 1 unspecified atom stereocenters. The van der Waals surface area contributed by atoms with Crippen molar-refractivity contribution in [3.05, 3.63) is 28.5 Å². The van der Waals surface area contributed by atoms with E-state index in [4.69, 9.17) is 4.74 Å². The fourth-order valence-corrected chi connectivity index (χ4v) is 2.62. The molecule has 1 saturated heterocycles. The van der Waals surface area contributed by atoms with Crippen molar-refractivity contribution in [1.29, 1.82) is 0 Å². The minimum Gasteiger partial charge on any atom is -0.378 e. The molecule has 0 aromatic carbocycles. The highest BCUT2D eigenvalue weighted by atomic mass is 79.9. The first-order valence-corrected chi connectivity index (χ1v) is 7.69. The molecule has 1 amide bonds. The zero-order valence-corrected chi connectivity index (χ0v) is 13.2. The summed E-state index contributed by atoms with van der Waals surface area (Å²) < 4.78 is 6.40. The minimum absolute atomic E-state index is 0.0505. The molecule has 1 aromatic rings. The molecular formula is C14H20BrN3O2. The third kappa shape index (κ3) is 4.26. The first-order valence-electron chi connectivity index (χ1n) is 6.89. The average molecular weight is 342 g/mol. The van der Waals surface area contributed by atoms with Crippen LogP contribution in [-0.2, 0) is 16.1 Å². The number of pyridine rings is 1. The maximum Gasteiger partial charge on any atom is 0.239 e. The Labute approximate surface area is 127 Å². The predicted octanol–water partition coefficient (Wildman–Crippen LogP) is 1.57. The van der Waals surface area contributed by atoms with E-state index >= 15 is 0 Å². The molecule has 20 heavy (non-hydrogen) atoms. The van der Waals surface area contributed by atoms with Gasteiger partial charge in [-0.05, 0) is 34.0 Å². The van der Waals surface area contributed by atoms with E-state index in [2.05, 4.69) is 31.1 Å². The van der Waals surface area contributed by atoms with Gasteiger partial charge in [0, 0.05) is 36.5 Å². The summed E-state index contributed by atoms with van der Waals surface area (Å²) in [5.41, 5.74) is 1.09. The zero-order chi connectivity index (χ0) is 14.4. The number of hydrogen-bond donors (Lipinski definition) is 1. The molecule has 5 nitrogen and oxygen atoms in total. The van der Waals surface area contributed by atoms with Crippen LogP contribution in [0.5, 0.6) is 0 Å². The van der Waals surface area contributed by atoms with Crippen LogP contribution in [0.15, 0.2) is 22.9 Å². The van der Waals surface area contributed by atoms with Crippen molar-refractivity contribution >= 4 is 21.8 Å². The van der Waals surface area contributed by atoms with Crippen molar-refractivity contribution in [2.75, 3.05) is 26.3 Å². The predicted molar refractivity (Wildman–Crippen MR) is 80.3 cm³/mol. The third-order valence-corrected chi connectivity index (χ3v) is 3.67. The highest BCUT2D eigenvalue weighted by Gasteiger charge is 2.29. The highest BCUT2D eigenvalue weighted by molar-refractivity contribution is 9.10. The summed E-state index contributed by atoms with van der Waals surface area (Å²) in [5, 5.41) is 2.94. The van der Waals surface area contributed by atoms with E-state index in [1.165, 1.54) is 0 Å². The number of carbonyl (C=O) groups is 1. The lowest BCUT2D eigenvalue weighted by molar-refractivity contribution is -0.132. The molecule has 110 valence electrons. The highest BCUT2D eigenvalue weighted by Crippen LogP contribution is 2.15. The number of nitrogens with zero attached hydrogens (tertiary/aromatic N) is 2. The van der Waals surface area contributed by atoms with Gasteiger partial charge in [-0.2, -0.15) is 0 Å². The topological polar surface area (TPSA) is 54.5 Å². The molecule has 2 rings (SSSR count). The van der Waals surface area contributed by atoms with Gasteiger partial charge in [-0.15, -0.1) is 0 Å². The number of ether oxygens (including phenoxy) is 1. The van der Waals surface area contributed by atoms with Gasteiger partial charge in [0.1, 0.15) is 6.04 Å². The number of halogens is 1. The number of carbonyl (C=O) groups excluding carboxylic acids is 1. The Balaban J connectivity index is 2.01. The Kier molecular flexibility index (Phi) is 5.94. The molecular weight excluding hydrogens is 322 g/mol. The van der Waals surface area contributed by atoms with E-state index in [0.717, 1.165) is 23.0 Å². The van der Waals surface area contributed by atoms with Crippen LogP contribution < -0.4 is 5.32 Å². The van der Waals surface area contributed by atoms with E-state index in [1.54, 1.807) is 6.20 Å². The lowest BCUT2D eigenvalue weighted by Gasteiger charge is -2.34. The van der Waals surface area contributed by atoms with Crippen molar-refractivity contribution in [1.82, 2.24) is 15.2 Å². The largest absolute Gasteiger partial charge is 0.378 e. The Morgan fingerprint density at radius 1 is 1.60 bits per heavy atom. The Morgan fingerprint density at radius 2 is 2.45 bits per heavy atom. The molecule has 1 aliphatic heterocycles. The lowest BCUT2D eigenvalue weighted by atomic mass is 10.1. The van der Waals surface area contributed by atoms with E-state index < -0.39 is 0 Å². The quantitative estimate of drug-likeness (QED) is 0.883. The van der Waals surface area contributed by atoms with Gasteiger partial charge < -0.3 is 10.1 Å². The van der Waals surface area contributed by atoms with E-state index in [9.17, 15) is 4.79 Å². The van der Waals surface area contributed by atoms with Gasteiger partial charge in [0.2, 0.25) is 5.91 Å². The van der Waals surface area contributed by atoms with Crippen LogP contribution in [0.3, 0.4) is 0 Å². The second-order valence-electron chi connectivity index (χ2n) is 4.86. The van der Waals surface area contributed by atoms with Gasteiger partial charge in [-0.1, -0.05) is 6.92 Å². The van der Waals surface area contributed by atoms with Crippen LogP contribution in [0.2, 0.25) is 0 Å². The summed E-state index contributed by atoms with van der Waals surface area (Å²) in [6.07, 6.45) is 4.53. The van der Waals surface area contributed by atoms with Crippen molar-refractivity contribution < 1.29 is 9.53 Å². The zero-order valence-electron chi connectivity index (χ0n) is 11.6. The first kappa shape index (κ1) is 15.4. The number of amides is 1. The summed E-state index contributed by atoms with van der Waals surface area (Å²) in [4.78, 5) is 18.5. The molecule has 1 fully saturated rings. The van der Waals surface area contributed by atoms with Crippen LogP contribution in [0, 0.1) is 0 Å². The Morgan fingerprint density at radius 3 is 3.20 bits per heavy atom. The number of hydrogen-bond acceptors (Lipinski definition) is 4. The summed E-state index contributed by atoms with van der Waals surface area (Å²) in [5.74, 6) is 0.0505. The third-order valence-electron chi connectivity index (χ3n) is 3.24.